The molecule has 2 rings (SSSR count). The molecule has 0 radical (unpaired) electrons. The molecule has 0 aliphatic heterocycles. The molecule has 1 aromatic carbocycles. The van der Waals surface area contributed by atoms with Crippen molar-refractivity contribution in [3.8, 4) is 0 Å². The van der Waals surface area contributed by atoms with Crippen LogP contribution in [0, 0.1) is 5.92 Å². The van der Waals surface area contributed by atoms with E-state index in [4.69, 9.17) is 0 Å². The Balaban J connectivity index is 2.17. The maximum Gasteiger partial charge on any atom is 0.150 e. The second kappa shape index (κ2) is 6.58. The van der Waals surface area contributed by atoms with Gasteiger partial charge < -0.3 is 5.32 Å². The molecule has 3 nitrogen and oxygen atoms in total. The van der Waals surface area contributed by atoms with E-state index in [0.29, 0.717) is 5.92 Å². The van der Waals surface area contributed by atoms with Gasteiger partial charge in [-0.1, -0.05) is 34.5 Å². The first-order chi connectivity index (χ1) is 9.41. The molecule has 1 aliphatic carbocycles. The van der Waals surface area contributed by atoms with Gasteiger partial charge in [-0.05, 0) is 49.9 Å². The van der Waals surface area contributed by atoms with E-state index in [0.717, 1.165) is 30.2 Å². The van der Waals surface area contributed by atoms with Gasteiger partial charge in [0.2, 0.25) is 0 Å². The fourth-order valence-electron chi connectivity index (χ4n) is 3.22. The van der Waals surface area contributed by atoms with Crippen molar-refractivity contribution in [3.05, 3.63) is 34.3 Å². The zero-order valence-electron chi connectivity index (χ0n) is 12.0. The van der Waals surface area contributed by atoms with Crippen LogP contribution in [0.4, 0.5) is 0 Å². The Morgan fingerprint density at radius 2 is 1.90 bits per heavy atom. The lowest BCUT2D eigenvalue weighted by atomic mass is 9.81. The van der Waals surface area contributed by atoms with Gasteiger partial charge in [0.25, 0.3) is 0 Å². The summed E-state index contributed by atoms with van der Waals surface area (Å²) in [6.07, 6.45) is 5.03. The van der Waals surface area contributed by atoms with E-state index in [1.54, 1.807) is 0 Å². The van der Waals surface area contributed by atoms with Crippen molar-refractivity contribution in [3.63, 3.8) is 0 Å². The smallest absolute Gasteiger partial charge is 0.150 e. The summed E-state index contributed by atoms with van der Waals surface area (Å²) in [5.74, 6) is 0.384. The number of halogens is 1. The lowest BCUT2D eigenvalue weighted by Gasteiger charge is -2.34. The molecular formula is C15H22BrNO2S. The minimum absolute atomic E-state index is 0.174. The Kier molecular flexibility index (Phi) is 5.26. The summed E-state index contributed by atoms with van der Waals surface area (Å²) in [7, 11) is -0.970. The molecule has 1 N–H and O–H groups in total. The van der Waals surface area contributed by atoms with Crippen LogP contribution in [-0.2, 0) is 9.84 Å². The number of rotatable bonds is 4. The monoisotopic (exact) mass is 359 g/mol. The van der Waals surface area contributed by atoms with Gasteiger partial charge in [-0.25, -0.2) is 8.42 Å². The number of sulfone groups is 1. The van der Waals surface area contributed by atoms with Crippen molar-refractivity contribution in [1.82, 2.24) is 5.32 Å². The highest BCUT2D eigenvalue weighted by atomic mass is 79.9. The van der Waals surface area contributed by atoms with Crippen LogP contribution in [0.2, 0.25) is 0 Å². The predicted octanol–water partition coefficient (Wildman–Crippen LogP) is 3.31. The lowest BCUT2D eigenvalue weighted by Crippen LogP contribution is -2.34. The van der Waals surface area contributed by atoms with Crippen LogP contribution < -0.4 is 5.32 Å². The standard InChI is InChI=1S/C15H22BrNO2S/c1-17-15(11-6-8-13(16)9-7-11)12-4-3-5-14(10-12)20(2,18)19/h6-9,12,14-15,17H,3-5,10H2,1-2H3. The Hall–Kier alpha value is -0.390. The Morgan fingerprint density at radius 3 is 2.45 bits per heavy atom. The molecule has 0 heterocycles. The molecule has 5 heteroatoms. The fraction of sp³-hybridized carbons (Fsp3) is 0.600. The number of nitrogens with one attached hydrogen (secondary N) is 1. The molecule has 1 aromatic rings. The molecule has 112 valence electrons. The first kappa shape index (κ1) is 16.0. The van der Waals surface area contributed by atoms with Gasteiger partial charge >= 0.3 is 0 Å². The minimum atomic E-state index is -2.92. The van der Waals surface area contributed by atoms with Gasteiger partial charge in [0.1, 0.15) is 9.84 Å². The zero-order valence-corrected chi connectivity index (χ0v) is 14.4. The molecule has 0 spiro atoms. The topological polar surface area (TPSA) is 46.2 Å². The quantitative estimate of drug-likeness (QED) is 0.896. The van der Waals surface area contributed by atoms with Crippen LogP contribution >= 0.6 is 15.9 Å². The predicted molar refractivity (Wildman–Crippen MR) is 86.5 cm³/mol. The second-order valence-electron chi connectivity index (χ2n) is 5.70. The zero-order chi connectivity index (χ0) is 14.8. The fourth-order valence-corrected chi connectivity index (χ4v) is 4.67. The summed E-state index contributed by atoms with van der Waals surface area (Å²) in [4.78, 5) is 0. The van der Waals surface area contributed by atoms with E-state index >= 15 is 0 Å². The molecule has 1 saturated carbocycles. The molecule has 3 unspecified atom stereocenters. The Bertz CT molecular complexity index is 541. The van der Waals surface area contributed by atoms with Crippen LogP contribution in [0.5, 0.6) is 0 Å². The summed E-state index contributed by atoms with van der Waals surface area (Å²) in [5.41, 5.74) is 1.23. The third-order valence-electron chi connectivity index (χ3n) is 4.28. The highest BCUT2D eigenvalue weighted by Crippen LogP contribution is 2.36. The van der Waals surface area contributed by atoms with Crippen LogP contribution in [0.3, 0.4) is 0 Å². The van der Waals surface area contributed by atoms with Gasteiger partial charge in [0.05, 0.1) is 5.25 Å². The van der Waals surface area contributed by atoms with Crippen molar-refractivity contribution >= 4 is 25.8 Å². The third kappa shape index (κ3) is 3.83. The van der Waals surface area contributed by atoms with Crippen LogP contribution in [0.1, 0.15) is 37.3 Å². The maximum atomic E-state index is 11.8. The summed E-state index contributed by atoms with van der Waals surface area (Å²) in [5, 5.41) is 3.20. The molecular weight excluding hydrogens is 338 g/mol. The van der Waals surface area contributed by atoms with Crippen molar-refractivity contribution < 1.29 is 8.42 Å². The average Bonchev–Trinajstić information content (AvgIpc) is 2.41. The van der Waals surface area contributed by atoms with Crippen molar-refractivity contribution in [2.75, 3.05) is 13.3 Å². The Labute approximate surface area is 130 Å². The summed E-state index contributed by atoms with van der Waals surface area (Å²) in [6, 6.07) is 8.52. The van der Waals surface area contributed by atoms with Crippen LogP contribution in [-0.4, -0.2) is 27.0 Å². The lowest BCUT2D eigenvalue weighted by molar-refractivity contribution is 0.282. The number of hydrogen-bond acceptors (Lipinski definition) is 3. The molecule has 1 fully saturated rings. The summed E-state index contributed by atoms with van der Waals surface area (Å²) < 4.78 is 24.7. The SMILES string of the molecule is CNC(c1ccc(Br)cc1)C1CCCC(S(C)(=O)=O)C1. The van der Waals surface area contributed by atoms with Gasteiger partial charge in [-0.2, -0.15) is 0 Å². The minimum Gasteiger partial charge on any atom is -0.313 e. The van der Waals surface area contributed by atoms with Crippen LogP contribution in [0.15, 0.2) is 28.7 Å². The highest BCUT2D eigenvalue weighted by Gasteiger charge is 2.33. The van der Waals surface area contributed by atoms with Crippen LogP contribution in [0.25, 0.3) is 0 Å². The third-order valence-corrected chi connectivity index (χ3v) is 6.45. The first-order valence-corrected chi connectivity index (χ1v) is 9.78. The van der Waals surface area contributed by atoms with Gasteiger partial charge in [-0.15, -0.1) is 0 Å². The van der Waals surface area contributed by atoms with Crippen molar-refractivity contribution in [2.24, 2.45) is 5.92 Å². The molecule has 20 heavy (non-hydrogen) atoms. The molecule has 0 amide bonds. The van der Waals surface area contributed by atoms with Crippen molar-refractivity contribution in [1.29, 1.82) is 0 Å². The van der Waals surface area contributed by atoms with E-state index < -0.39 is 9.84 Å². The second-order valence-corrected chi connectivity index (χ2v) is 8.94. The normalized spacial score (nSPS) is 25.4. The molecule has 0 aromatic heterocycles. The van der Waals surface area contributed by atoms with E-state index in [2.05, 4.69) is 33.4 Å². The summed E-state index contributed by atoms with van der Waals surface area (Å²) in [6.45, 7) is 0. The Morgan fingerprint density at radius 1 is 1.25 bits per heavy atom. The molecule has 3 atom stereocenters. The molecule has 1 aliphatic rings. The maximum absolute atomic E-state index is 11.8. The van der Waals surface area contributed by atoms with Gasteiger partial charge in [-0.3, -0.25) is 0 Å². The first-order valence-electron chi connectivity index (χ1n) is 7.03. The number of hydrogen-bond donors (Lipinski definition) is 1. The highest BCUT2D eigenvalue weighted by molar-refractivity contribution is 9.10. The van der Waals surface area contributed by atoms with E-state index in [1.165, 1.54) is 11.8 Å². The van der Waals surface area contributed by atoms with E-state index in [1.807, 2.05) is 19.2 Å². The average molecular weight is 360 g/mol. The molecule has 0 bridgehead atoms. The largest absolute Gasteiger partial charge is 0.313 e. The van der Waals surface area contributed by atoms with Gasteiger partial charge in [0.15, 0.2) is 0 Å². The summed E-state index contributed by atoms with van der Waals surface area (Å²) >= 11 is 3.45. The van der Waals surface area contributed by atoms with Gasteiger partial charge in [0, 0.05) is 16.8 Å². The van der Waals surface area contributed by atoms with Crippen molar-refractivity contribution in [2.45, 2.75) is 37.0 Å². The number of benzene rings is 1. The van der Waals surface area contributed by atoms with E-state index in [-0.39, 0.29) is 11.3 Å². The molecule has 0 saturated heterocycles. The van der Waals surface area contributed by atoms with E-state index in [9.17, 15) is 8.42 Å².